The highest BCUT2D eigenvalue weighted by molar-refractivity contribution is 7.10. The molecular formula is C28H32N6O2S. The highest BCUT2D eigenvalue weighted by Gasteiger charge is 2.29. The highest BCUT2D eigenvalue weighted by atomic mass is 32.1. The Hall–Kier alpha value is -3.43. The Balaban J connectivity index is 1.24. The van der Waals surface area contributed by atoms with Gasteiger partial charge in [-0.15, -0.1) is 11.3 Å². The standard InChI is InChI=1S/C28H32N6O2S/c1-17-6-12-37-24(17)13-18(2)30-21-5-7-29-27(35)25(21)26-31-22-14-19-16-34(11-10-33-8-3-4-9-33)28(36)20(19)15-23(22)32-26/h5-7,12,14-15,18H,3-4,8-11,13,16H2,1-2H3,(H,31,32)(H2,29,30,35)/t18-/m0/s1. The first-order chi connectivity index (χ1) is 18.0. The molecule has 0 saturated carbocycles. The van der Waals surface area contributed by atoms with Crippen LogP contribution in [0.25, 0.3) is 22.4 Å². The average Bonchev–Trinajstić information content (AvgIpc) is 3.66. The van der Waals surface area contributed by atoms with E-state index in [9.17, 15) is 9.59 Å². The summed E-state index contributed by atoms with van der Waals surface area (Å²) in [5.74, 6) is 0.569. The number of likely N-dealkylation sites (tertiary alicyclic amines) is 1. The Morgan fingerprint density at radius 3 is 2.78 bits per heavy atom. The van der Waals surface area contributed by atoms with Crippen molar-refractivity contribution in [2.75, 3.05) is 31.5 Å². The van der Waals surface area contributed by atoms with Crippen LogP contribution in [0.2, 0.25) is 0 Å². The van der Waals surface area contributed by atoms with E-state index in [-0.39, 0.29) is 17.5 Å². The number of nitrogens with zero attached hydrogens (tertiary/aromatic N) is 3. The largest absolute Gasteiger partial charge is 0.381 e. The van der Waals surface area contributed by atoms with Crippen LogP contribution >= 0.6 is 11.3 Å². The Morgan fingerprint density at radius 1 is 1.16 bits per heavy atom. The molecule has 6 rings (SSSR count). The number of anilines is 1. The number of rotatable bonds is 8. The van der Waals surface area contributed by atoms with Crippen LogP contribution in [0.4, 0.5) is 5.69 Å². The SMILES string of the molecule is Cc1ccsc1C[C@H](C)Nc1cc[nH]c(=O)c1-c1nc2cc3c(cc2[nH]1)CN(CCN1CCCC1)C3=O. The van der Waals surface area contributed by atoms with Crippen molar-refractivity contribution in [2.45, 2.75) is 45.7 Å². The molecule has 1 atom stereocenters. The number of aromatic amines is 2. The second-order valence-electron chi connectivity index (χ2n) is 10.3. The molecular weight excluding hydrogens is 484 g/mol. The van der Waals surface area contributed by atoms with E-state index in [2.05, 4.69) is 45.5 Å². The van der Waals surface area contributed by atoms with Crippen molar-refractivity contribution in [1.29, 1.82) is 0 Å². The summed E-state index contributed by atoms with van der Waals surface area (Å²) in [6.07, 6.45) is 5.03. The third kappa shape index (κ3) is 4.69. The van der Waals surface area contributed by atoms with Gasteiger partial charge < -0.3 is 25.1 Å². The quantitative estimate of drug-likeness (QED) is 0.323. The van der Waals surface area contributed by atoms with Crippen molar-refractivity contribution < 1.29 is 4.79 Å². The van der Waals surface area contributed by atoms with Crippen molar-refractivity contribution in [3.63, 3.8) is 0 Å². The number of amides is 1. The number of hydrogen-bond donors (Lipinski definition) is 3. The Morgan fingerprint density at radius 2 is 2.00 bits per heavy atom. The number of thiophene rings is 1. The van der Waals surface area contributed by atoms with E-state index < -0.39 is 0 Å². The van der Waals surface area contributed by atoms with E-state index in [0.29, 0.717) is 29.0 Å². The van der Waals surface area contributed by atoms with Gasteiger partial charge in [0.2, 0.25) is 0 Å². The molecule has 1 amide bonds. The fourth-order valence-electron chi connectivity index (χ4n) is 5.49. The maximum Gasteiger partial charge on any atom is 0.261 e. The van der Waals surface area contributed by atoms with Crippen molar-refractivity contribution in [1.82, 2.24) is 24.8 Å². The number of aryl methyl sites for hydroxylation is 1. The molecule has 0 radical (unpaired) electrons. The van der Waals surface area contributed by atoms with Crippen LogP contribution in [0.5, 0.6) is 0 Å². The minimum absolute atomic E-state index is 0.0678. The monoisotopic (exact) mass is 516 g/mol. The molecule has 0 bridgehead atoms. The van der Waals surface area contributed by atoms with Crippen molar-refractivity contribution in [2.24, 2.45) is 0 Å². The summed E-state index contributed by atoms with van der Waals surface area (Å²) in [6.45, 7) is 8.80. The van der Waals surface area contributed by atoms with Crippen LogP contribution in [-0.2, 0) is 13.0 Å². The molecule has 5 heterocycles. The summed E-state index contributed by atoms with van der Waals surface area (Å²) < 4.78 is 0. The predicted molar refractivity (Wildman–Crippen MR) is 148 cm³/mol. The number of H-pyrrole nitrogens is 2. The van der Waals surface area contributed by atoms with Gasteiger partial charge in [0.15, 0.2) is 0 Å². The van der Waals surface area contributed by atoms with E-state index >= 15 is 0 Å². The van der Waals surface area contributed by atoms with Crippen LogP contribution in [0, 0.1) is 6.92 Å². The number of fused-ring (bicyclic) bond motifs is 2. The first-order valence-electron chi connectivity index (χ1n) is 13.0. The highest BCUT2D eigenvalue weighted by Crippen LogP contribution is 2.30. The molecule has 8 nitrogen and oxygen atoms in total. The lowest BCUT2D eigenvalue weighted by molar-refractivity contribution is 0.0763. The molecule has 3 N–H and O–H groups in total. The summed E-state index contributed by atoms with van der Waals surface area (Å²) in [5.41, 5.74) is 5.55. The van der Waals surface area contributed by atoms with Gasteiger partial charge in [-0.1, -0.05) is 0 Å². The van der Waals surface area contributed by atoms with Gasteiger partial charge in [0.25, 0.3) is 11.5 Å². The Bertz CT molecular complexity index is 1510. The van der Waals surface area contributed by atoms with E-state index in [1.807, 2.05) is 23.1 Å². The lowest BCUT2D eigenvalue weighted by atomic mass is 10.1. The Labute approximate surface area is 219 Å². The zero-order chi connectivity index (χ0) is 25.5. The fourth-order valence-corrected chi connectivity index (χ4v) is 6.52. The predicted octanol–water partition coefficient (Wildman–Crippen LogP) is 4.38. The van der Waals surface area contributed by atoms with Gasteiger partial charge in [-0.05, 0) is 80.6 Å². The summed E-state index contributed by atoms with van der Waals surface area (Å²) >= 11 is 1.76. The minimum atomic E-state index is -0.208. The number of carbonyl (C=O) groups excluding carboxylic acids is 1. The summed E-state index contributed by atoms with van der Waals surface area (Å²) in [7, 11) is 0. The molecule has 1 saturated heterocycles. The zero-order valence-electron chi connectivity index (χ0n) is 21.3. The van der Waals surface area contributed by atoms with Crippen LogP contribution in [0.3, 0.4) is 0 Å². The van der Waals surface area contributed by atoms with Crippen molar-refractivity contribution >= 4 is 34.0 Å². The van der Waals surface area contributed by atoms with Gasteiger partial charge in [0.05, 0.1) is 16.7 Å². The number of nitrogens with one attached hydrogen (secondary N) is 3. The van der Waals surface area contributed by atoms with Crippen LogP contribution < -0.4 is 10.9 Å². The maximum absolute atomic E-state index is 13.1. The molecule has 2 aliphatic rings. The maximum atomic E-state index is 13.1. The molecule has 1 aromatic carbocycles. The molecule has 37 heavy (non-hydrogen) atoms. The number of benzene rings is 1. The smallest absolute Gasteiger partial charge is 0.261 e. The second-order valence-corrected chi connectivity index (χ2v) is 11.3. The number of aromatic nitrogens is 3. The normalized spacial score (nSPS) is 16.6. The molecule has 1 fully saturated rings. The average molecular weight is 517 g/mol. The van der Waals surface area contributed by atoms with E-state index in [4.69, 9.17) is 4.98 Å². The molecule has 0 aliphatic carbocycles. The molecule has 4 aromatic rings. The summed E-state index contributed by atoms with van der Waals surface area (Å²) in [4.78, 5) is 42.6. The van der Waals surface area contributed by atoms with E-state index in [0.717, 1.165) is 49.4 Å². The third-order valence-electron chi connectivity index (χ3n) is 7.53. The van der Waals surface area contributed by atoms with Gasteiger partial charge in [0, 0.05) is 48.7 Å². The lowest BCUT2D eigenvalue weighted by Crippen LogP contribution is -2.33. The van der Waals surface area contributed by atoms with Gasteiger partial charge in [-0.2, -0.15) is 0 Å². The molecule has 192 valence electrons. The molecule has 3 aromatic heterocycles. The molecule has 0 unspecified atom stereocenters. The van der Waals surface area contributed by atoms with Crippen LogP contribution in [0.1, 0.15) is 46.1 Å². The molecule has 2 aliphatic heterocycles. The van der Waals surface area contributed by atoms with Crippen molar-refractivity contribution in [3.8, 4) is 11.4 Å². The fraction of sp³-hybridized carbons (Fsp3) is 0.393. The molecule has 9 heteroatoms. The minimum Gasteiger partial charge on any atom is -0.381 e. The number of hydrogen-bond acceptors (Lipinski definition) is 6. The molecule has 0 spiro atoms. The van der Waals surface area contributed by atoms with Crippen LogP contribution in [0.15, 0.2) is 40.6 Å². The van der Waals surface area contributed by atoms with Crippen LogP contribution in [-0.4, -0.2) is 62.9 Å². The zero-order valence-corrected chi connectivity index (χ0v) is 22.1. The lowest BCUT2D eigenvalue weighted by Gasteiger charge is -2.20. The number of carbonyl (C=O) groups is 1. The van der Waals surface area contributed by atoms with Crippen molar-refractivity contribution in [3.05, 3.63) is 67.8 Å². The van der Waals surface area contributed by atoms with Gasteiger partial charge in [-0.25, -0.2) is 4.98 Å². The van der Waals surface area contributed by atoms with E-state index in [1.54, 1.807) is 17.5 Å². The van der Waals surface area contributed by atoms with Gasteiger partial charge in [0.1, 0.15) is 11.4 Å². The Kier molecular flexibility index (Phi) is 6.34. The summed E-state index contributed by atoms with van der Waals surface area (Å²) in [6, 6.07) is 8.03. The number of imidazole rings is 1. The topological polar surface area (TPSA) is 97.1 Å². The van der Waals surface area contributed by atoms with Gasteiger partial charge >= 0.3 is 0 Å². The number of pyridine rings is 1. The second kappa shape index (κ2) is 9.79. The first-order valence-corrected chi connectivity index (χ1v) is 13.9. The van der Waals surface area contributed by atoms with Gasteiger partial charge in [-0.3, -0.25) is 9.59 Å². The van der Waals surface area contributed by atoms with E-state index in [1.165, 1.54) is 23.3 Å². The first kappa shape index (κ1) is 23.9. The summed E-state index contributed by atoms with van der Waals surface area (Å²) in [5, 5.41) is 5.63. The third-order valence-corrected chi connectivity index (χ3v) is 8.58.